The van der Waals surface area contributed by atoms with Gasteiger partial charge in [0, 0.05) is 18.8 Å². The van der Waals surface area contributed by atoms with Crippen LogP contribution in [0.2, 0.25) is 0 Å². The average molecular weight is 251 g/mol. The van der Waals surface area contributed by atoms with E-state index in [1.54, 1.807) is 12.1 Å². The molecule has 4 heteroatoms. The summed E-state index contributed by atoms with van der Waals surface area (Å²) < 4.78 is 13.5. The van der Waals surface area contributed by atoms with E-state index in [1.807, 2.05) is 0 Å². The second-order valence-electron chi connectivity index (χ2n) is 4.92. The summed E-state index contributed by atoms with van der Waals surface area (Å²) in [6.45, 7) is 4.10. The smallest absolute Gasteiger partial charge is 0.148 e. The molecule has 3 nitrogen and oxygen atoms in total. The van der Waals surface area contributed by atoms with Crippen LogP contribution in [0.5, 0.6) is 0 Å². The van der Waals surface area contributed by atoms with Crippen molar-refractivity contribution >= 4 is 11.4 Å². The molecule has 1 aromatic carbocycles. The molecule has 0 atom stereocenters. The summed E-state index contributed by atoms with van der Waals surface area (Å²) in [6, 6.07) is 4.78. The van der Waals surface area contributed by atoms with Crippen molar-refractivity contribution in [3.05, 3.63) is 24.0 Å². The predicted octanol–water partition coefficient (Wildman–Crippen LogP) is 2.70. The highest BCUT2D eigenvalue weighted by Gasteiger charge is 2.08. The van der Waals surface area contributed by atoms with Crippen LogP contribution in [0.1, 0.15) is 25.7 Å². The number of benzene rings is 1. The average Bonchev–Trinajstić information content (AvgIpc) is 2.60. The Bertz CT molecular complexity index is 373. The molecular formula is C14H22FN3. The van der Waals surface area contributed by atoms with E-state index in [2.05, 4.69) is 10.2 Å². The number of likely N-dealkylation sites (tertiary alicyclic amines) is 1. The summed E-state index contributed by atoms with van der Waals surface area (Å²) in [6.07, 6.45) is 5.26. The quantitative estimate of drug-likeness (QED) is 0.808. The number of nitrogen functional groups attached to an aromatic ring is 1. The zero-order valence-corrected chi connectivity index (χ0v) is 10.8. The first-order valence-electron chi connectivity index (χ1n) is 6.77. The fraction of sp³-hybridized carbons (Fsp3) is 0.571. The van der Waals surface area contributed by atoms with E-state index in [9.17, 15) is 4.39 Å². The molecule has 0 unspecified atom stereocenters. The number of rotatable bonds is 4. The zero-order valence-electron chi connectivity index (χ0n) is 10.8. The van der Waals surface area contributed by atoms with E-state index in [0.29, 0.717) is 11.4 Å². The van der Waals surface area contributed by atoms with Gasteiger partial charge in [-0.15, -0.1) is 0 Å². The van der Waals surface area contributed by atoms with E-state index in [4.69, 9.17) is 5.73 Å². The summed E-state index contributed by atoms with van der Waals surface area (Å²) in [5.41, 5.74) is 6.52. The van der Waals surface area contributed by atoms with Crippen LogP contribution in [-0.4, -0.2) is 31.1 Å². The van der Waals surface area contributed by atoms with Crippen molar-refractivity contribution < 1.29 is 4.39 Å². The normalized spacial score (nSPS) is 17.4. The molecule has 0 aromatic heterocycles. The summed E-state index contributed by atoms with van der Waals surface area (Å²) in [5, 5.41) is 3.14. The van der Waals surface area contributed by atoms with Crippen LogP contribution in [0.15, 0.2) is 18.2 Å². The Morgan fingerprint density at radius 1 is 1.17 bits per heavy atom. The molecule has 1 heterocycles. The molecule has 0 amide bonds. The minimum Gasteiger partial charge on any atom is -0.399 e. The van der Waals surface area contributed by atoms with Gasteiger partial charge in [0.15, 0.2) is 0 Å². The van der Waals surface area contributed by atoms with E-state index in [0.717, 1.165) is 13.1 Å². The van der Waals surface area contributed by atoms with Gasteiger partial charge in [0.1, 0.15) is 5.82 Å². The van der Waals surface area contributed by atoms with Crippen molar-refractivity contribution in [3.63, 3.8) is 0 Å². The third kappa shape index (κ3) is 3.88. The Morgan fingerprint density at radius 2 is 1.89 bits per heavy atom. The summed E-state index contributed by atoms with van der Waals surface area (Å²) >= 11 is 0. The number of nitrogens with one attached hydrogen (secondary N) is 1. The minimum absolute atomic E-state index is 0.272. The Balaban J connectivity index is 1.77. The minimum atomic E-state index is -0.272. The van der Waals surface area contributed by atoms with Gasteiger partial charge >= 0.3 is 0 Å². The first-order valence-corrected chi connectivity index (χ1v) is 6.77. The number of hydrogen-bond acceptors (Lipinski definition) is 3. The van der Waals surface area contributed by atoms with Gasteiger partial charge in [0.05, 0.1) is 5.69 Å². The van der Waals surface area contributed by atoms with Crippen LogP contribution >= 0.6 is 0 Å². The second-order valence-corrected chi connectivity index (χ2v) is 4.92. The van der Waals surface area contributed by atoms with Gasteiger partial charge in [0.2, 0.25) is 0 Å². The lowest BCUT2D eigenvalue weighted by Crippen LogP contribution is -2.30. The van der Waals surface area contributed by atoms with Crippen LogP contribution in [0, 0.1) is 5.82 Å². The second kappa shape index (κ2) is 6.59. The SMILES string of the molecule is Nc1ccc(NCCN2CCCCCC2)c(F)c1. The van der Waals surface area contributed by atoms with Crippen LogP contribution in [0.3, 0.4) is 0 Å². The van der Waals surface area contributed by atoms with Gasteiger partial charge in [0.25, 0.3) is 0 Å². The Hall–Kier alpha value is -1.29. The van der Waals surface area contributed by atoms with E-state index in [1.165, 1.54) is 44.8 Å². The van der Waals surface area contributed by atoms with Crippen LogP contribution in [-0.2, 0) is 0 Å². The van der Waals surface area contributed by atoms with Crippen LogP contribution < -0.4 is 11.1 Å². The lowest BCUT2D eigenvalue weighted by molar-refractivity contribution is 0.296. The number of nitrogens with two attached hydrogens (primary N) is 1. The molecule has 1 saturated heterocycles. The molecule has 0 aliphatic carbocycles. The maximum absolute atomic E-state index is 13.5. The maximum atomic E-state index is 13.5. The highest BCUT2D eigenvalue weighted by atomic mass is 19.1. The number of anilines is 2. The molecule has 1 aromatic rings. The molecule has 1 aliphatic heterocycles. The molecule has 3 N–H and O–H groups in total. The highest BCUT2D eigenvalue weighted by Crippen LogP contribution is 2.16. The third-order valence-electron chi connectivity index (χ3n) is 3.44. The van der Waals surface area contributed by atoms with Gasteiger partial charge < -0.3 is 16.0 Å². The van der Waals surface area contributed by atoms with Gasteiger partial charge in [-0.05, 0) is 44.1 Å². The van der Waals surface area contributed by atoms with Crippen molar-refractivity contribution in [2.75, 3.05) is 37.2 Å². The fourth-order valence-electron chi connectivity index (χ4n) is 2.38. The first-order chi connectivity index (χ1) is 8.75. The standard InChI is InChI=1S/C14H22FN3/c15-13-11-12(16)5-6-14(13)17-7-10-18-8-3-1-2-4-9-18/h5-6,11,17H,1-4,7-10,16H2. The van der Waals surface area contributed by atoms with E-state index in [-0.39, 0.29) is 5.82 Å². The molecule has 100 valence electrons. The fourth-order valence-corrected chi connectivity index (χ4v) is 2.38. The van der Waals surface area contributed by atoms with Gasteiger partial charge in [-0.25, -0.2) is 4.39 Å². The molecule has 2 rings (SSSR count). The van der Waals surface area contributed by atoms with E-state index >= 15 is 0 Å². The van der Waals surface area contributed by atoms with Gasteiger partial charge in [-0.1, -0.05) is 12.8 Å². The van der Waals surface area contributed by atoms with Crippen LogP contribution in [0.4, 0.5) is 15.8 Å². The molecule has 0 radical (unpaired) electrons. The highest BCUT2D eigenvalue weighted by molar-refractivity contribution is 5.52. The van der Waals surface area contributed by atoms with Crippen molar-refractivity contribution in [2.24, 2.45) is 0 Å². The maximum Gasteiger partial charge on any atom is 0.148 e. The molecule has 18 heavy (non-hydrogen) atoms. The Morgan fingerprint density at radius 3 is 2.56 bits per heavy atom. The largest absolute Gasteiger partial charge is 0.399 e. The summed E-state index contributed by atoms with van der Waals surface area (Å²) in [5.74, 6) is -0.272. The predicted molar refractivity (Wildman–Crippen MR) is 74.2 cm³/mol. The zero-order chi connectivity index (χ0) is 12.8. The Labute approximate surface area is 108 Å². The Kier molecular flexibility index (Phi) is 4.81. The molecule has 1 aliphatic rings. The topological polar surface area (TPSA) is 41.3 Å². The molecule has 1 fully saturated rings. The van der Waals surface area contributed by atoms with Crippen LogP contribution in [0.25, 0.3) is 0 Å². The van der Waals surface area contributed by atoms with Gasteiger partial charge in [-0.2, -0.15) is 0 Å². The molecule has 0 saturated carbocycles. The summed E-state index contributed by atoms with van der Waals surface area (Å²) in [4.78, 5) is 2.45. The third-order valence-corrected chi connectivity index (χ3v) is 3.44. The summed E-state index contributed by atoms with van der Waals surface area (Å²) in [7, 11) is 0. The monoisotopic (exact) mass is 251 g/mol. The lowest BCUT2D eigenvalue weighted by atomic mass is 10.2. The van der Waals surface area contributed by atoms with E-state index < -0.39 is 0 Å². The van der Waals surface area contributed by atoms with Gasteiger partial charge in [-0.3, -0.25) is 0 Å². The molecular weight excluding hydrogens is 229 g/mol. The molecule has 0 spiro atoms. The van der Waals surface area contributed by atoms with Crippen molar-refractivity contribution in [2.45, 2.75) is 25.7 Å². The van der Waals surface area contributed by atoms with Crippen molar-refractivity contribution in [1.82, 2.24) is 4.90 Å². The number of nitrogens with zero attached hydrogens (tertiary/aromatic N) is 1. The van der Waals surface area contributed by atoms with Crippen molar-refractivity contribution in [3.8, 4) is 0 Å². The molecule has 0 bridgehead atoms. The van der Waals surface area contributed by atoms with Crippen molar-refractivity contribution in [1.29, 1.82) is 0 Å². The number of hydrogen-bond donors (Lipinski definition) is 2. The first kappa shape index (κ1) is 13.1. The lowest BCUT2D eigenvalue weighted by Gasteiger charge is -2.20. The number of halogens is 1.